The van der Waals surface area contributed by atoms with Gasteiger partial charge in [-0.3, -0.25) is 4.79 Å². The molecule has 126 valence electrons. The average Bonchev–Trinajstić information content (AvgIpc) is 2.73. The summed E-state index contributed by atoms with van der Waals surface area (Å²) in [4.78, 5) is 11.8. The molecule has 4 aliphatic carbocycles. The van der Waals surface area contributed by atoms with Crippen molar-refractivity contribution in [3.8, 4) is 0 Å². The van der Waals surface area contributed by atoms with Gasteiger partial charge in [-0.15, -0.1) is 0 Å². The Morgan fingerprint density at radius 2 is 1.91 bits per heavy atom. The molecular formula is C20H28O3. The normalized spacial score (nSPS) is 55.0. The molecular weight excluding hydrogens is 288 g/mol. The fraction of sp³-hybridized carbons (Fsp3) is 0.750. The van der Waals surface area contributed by atoms with E-state index >= 15 is 0 Å². The third-order valence-corrected chi connectivity index (χ3v) is 7.71. The number of allylic oxidation sites excluding steroid dienone is 4. The number of carbonyl (C=O) groups excluding carboxylic acids is 1. The van der Waals surface area contributed by atoms with Gasteiger partial charge in [-0.2, -0.15) is 0 Å². The van der Waals surface area contributed by atoms with Crippen LogP contribution >= 0.6 is 0 Å². The Morgan fingerprint density at radius 1 is 1.17 bits per heavy atom. The summed E-state index contributed by atoms with van der Waals surface area (Å²) in [6.45, 7) is 6.32. The molecule has 3 fully saturated rings. The SMILES string of the molecule is C[C@]12C[C@](C)(O)[C@H]3[C@@H](CCC4=CC(=O)C=C[C@@]43C)[C@@H]1CC[C@@H]2O. The zero-order chi connectivity index (χ0) is 16.6. The maximum Gasteiger partial charge on any atom is 0.178 e. The van der Waals surface area contributed by atoms with E-state index < -0.39 is 5.60 Å². The van der Waals surface area contributed by atoms with Gasteiger partial charge in [0, 0.05) is 11.3 Å². The van der Waals surface area contributed by atoms with Gasteiger partial charge in [0.2, 0.25) is 0 Å². The average molecular weight is 316 g/mol. The van der Waals surface area contributed by atoms with E-state index in [4.69, 9.17) is 0 Å². The van der Waals surface area contributed by atoms with E-state index in [9.17, 15) is 15.0 Å². The second-order valence-electron chi connectivity index (χ2n) is 9.11. The van der Waals surface area contributed by atoms with Crippen molar-refractivity contribution in [3.05, 3.63) is 23.8 Å². The van der Waals surface area contributed by atoms with Gasteiger partial charge in [0.15, 0.2) is 5.78 Å². The smallest absolute Gasteiger partial charge is 0.178 e. The molecule has 3 nitrogen and oxygen atoms in total. The van der Waals surface area contributed by atoms with E-state index in [0.29, 0.717) is 18.3 Å². The highest BCUT2D eigenvalue weighted by Gasteiger charge is 2.64. The van der Waals surface area contributed by atoms with Crippen molar-refractivity contribution in [1.82, 2.24) is 0 Å². The van der Waals surface area contributed by atoms with E-state index in [-0.39, 0.29) is 28.6 Å². The molecule has 2 N–H and O–H groups in total. The van der Waals surface area contributed by atoms with Crippen LogP contribution in [-0.2, 0) is 4.79 Å². The Balaban J connectivity index is 1.81. The molecule has 0 bridgehead atoms. The molecule has 0 unspecified atom stereocenters. The Labute approximate surface area is 138 Å². The van der Waals surface area contributed by atoms with Gasteiger partial charge in [0.05, 0.1) is 11.7 Å². The fourth-order valence-electron chi connectivity index (χ4n) is 6.93. The van der Waals surface area contributed by atoms with E-state index in [2.05, 4.69) is 13.8 Å². The van der Waals surface area contributed by atoms with E-state index in [1.165, 1.54) is 5.57 Å². The highest BCUT2D eigenvalue weighted by atomic mass is 16.3. The lowest BCUT2D eigenvalue weighted by Gasteiger charge is -2.62. The van der Waals surface area contributed by atoms with Crippen LogP contribution in [0.15, 0.2) is 23.8 Å². The van der Waals surface area contributed by atoms with Crippen LogP contribution in [0.5, 0.6) is 0 Å². The number of ketones is 1. The lowest BCUT2D eigenvalue weighted by atomic mass is 9.44. The fourth-order valence-corrected chi connectivity index (χ4v) is 6.93. The largest absolute Gasteiger partial charge is 0.393 e. The van der Waals surface area contributed by atoms with Crippen molar-refractivity contribution in [2.24, 2.45) is 28.6 Å². The van der Waals surface area contributed by atoms with Crippen molar-refractivity contribution in [2.45, 2.75) is 64.6 Å². The first-order valence-corrected chi connectivity index (χ1v) is 9.03. The van der Waals surface area contributed by atoms with Gasteiger partial charge in [-0.25, -0.2) is 0 Å². The first kappa shape index (κ1) is 15.6. The number of aliphatic hydroxyl groups excluding tert-OH is 1. The summed E-state index contributed by atoms with van der Waals surface area (Å²) < 4.78 is 0. The second kappa shape index (κ2) is 4.58. The third kappa shape index (κ3) is 1.93. The quantitative estimate of drug-likeness (QED) is 0.722. The molecule has 0 heterocycles. The van der Waals surface area contributed by atoms with Gasteiger partial charge in [-0.1, -0.05) is 25.5 Å². The summed E-state index contributed by atoms with van der Waals surface area (Å²) in [5.41, 5.74) is -0.0278. The molecule has 4 rings (SSSR count). The lowest BCUT2D eigenvalue weighted by molar-refractivity contribution is -0.180. The van der Waals surface area contributed by atoms with Gasteiger partial charge in [0.1, 0.15) is 0 Å². The highest BCUT2D eigenvalue weighted by molar-refractivity contribution is 6.01. The predicted octanol–water partition coefficient (Wildman–Crippen LogP) is 3.02. The third-order valence-electron chi connectivity index (χ3n) is 7.71. The Hall–Kier alpha value is -0.930. The Morgan fingerprint density at radius 3 is 2.65 bits per heavy atom. The number of carbonyl (C=O) groups is 1. The molecule has 7 atom stereocenters. The van der Waals surface area contributed by atoms with E-state index in [1.807, 2.05) is 13.0 Å². The van der Waals surface area contributed by atoms with Crippen molar-refractivity contribution in [3.63, 3.8) is 0 Å². The van der Waals surface area contributed by atoms with E-state index in [1.54, 1.807) is 12.2 Å². The highest BCUT2D eigenvalue weighted by Crippen LogP contribution is 2.67. The molecule has 4 aliphatic rings. The van der Waals surface area contributed by atoms with Crippen LogP contribution in [-0.4, -0.2) is 27.7 Å². The van der Waals surface area contributed by atoms with Crippen molar-refractivity contribution >= 4 is 5.78 Å². The van der Waals surface area contributed by atoms with Gasteiger partial charge < -0.3 is 10.2 Å². The predicted molar refractivity (Wildman–Crippen MR) is 88.6 cm³/mol. The number of aliphatic hydroxyl groups is 2. The van der Waals surface area contributed by atoms with Crippen LogP contribution < -0.4 is 0 Å². The van der Waals surface area contributed by atoms with Crippen LogP contribution in [0.2, 0.25) is 0 Å². The molecule has 0 amide bonds. The zero-order valence-corrected chi connectivity index (χ0v) is 14.4. The number of hydrogen-bond donors (Lipinski definition) is 2. The maximum atomic E-state index is 11.8. The van der Waals surface area contributed by atoms with Crippen molar-refractivity contribution in [2.75, 3.05) is 0 Å². The Kier molecular flexibility index (Phi) is 3.10. The number of rotatable bonds is 0. The molecule has 0 radical (unpaired) electrons. The molecule has 0 aromatic heterocycles. The van der Waals surface area contributed by atoms with Gasteiger partial charge in [0.25, 0.3) is 0 Å². The summed E-state index contributed by atoms with van der Waals surface area (Å²) in [5.74, 6) is 1.10. The lowest BCUT2D eigenvalue weighted by Crippen LogP contribution is -2.61. The monoisotopic (exact) mass is 316 g/mol. The zero-order valence-electron chi connectivity index (χ0n) is 14.4. The van der Waals surface area contributed by atoms with Gasteiger partial charge >= 0.3 is 0 Å². The molecule has 0 saturated heterocycles. The minimum atomic E-state index is -0.819. The first-order chi connectivity index (χ1) is 10.7. The topological polar surface area (TPSA) is 57.5 Å². The molecule has 3 saturated carbocycles. The van der Waals surface area contributed by atoms with Crippen LogP contribution in [0.1, 0.15) is 52.9 Å². The number of hydrogen-bond acceptors (Lipinski definition) is 3. The molecule has 0 spiro atoms. The van der Waals surface area contributed by atoms with Crippen molar-refractivity contribution < 1.29 is 15.0 Å². The summed E-state index contributed by atoms with van der Waals surface area (Å²) >= 11 is 0. The summed E-state index contributed by atoms with van der Waals surface area (Å²) in [5, 5.41) is 22.0. The van der Waals surface area contributed by atoms with Crippen LogP contribution in [0, 0.1) is 28.6 Å². The maximum absolute atomic E-state index is 11.8. The minimum Gasteiger partial charge on any atom is -0.393 e. The standard InChI is InChI=1S/C20H28O3/c1-18-9-8-13(21)10-12(18)4-5-14-15-6-7-16(22)19(15,2)11-20(3,23)17(14)18/h8-10,14-17,22-23H,4-7,11H2,1-3H3/t14-,15-,16-,17-,18-,19-,20-/m0/s1. The van der Waals surface area contributed by atoms with Crippen LogP contribution in [0.25, 0.3) is 0 Å². The molecule has 0 aromatic rings. The molecule has 0 aliphatic heterocycles. The second-order valence-corrected chi connectivity index (χ2v) is 9.11. The van der Waals surface area contributed by atoms with Crippen molar-refractivity contribution in [1.29, 1.82) is 0 Å². The summed E-state index contributed by atoms with van der Waals surface area (Å²) in [6, 6.07) is 0. The van der Waals surface area contributed by atoms with Crippen LogP contribution in [0.3, 0.4) is 0 Å². The Bertz CT molecular complexity index is 616. The van der Waals surface area contributed by atoms with E-state index in [0.717, 1.165) is 25.7 Å². The van der Waals surface area contributed by atoms with Crippen LogP contribution in [0.4, 0.5) is 0 Å². The molecule has 3 heteroatoms. The summed E-state index contributed by atoms with van der Waals surface area (Å²) in [6.07, 6.45) is 9.75. The first-order valence-electron chi connectivity index (χ1n) is 9.03. The van der Waals surface area contributed by atoms with Gasteiger partial charge in [-0.05, 0) is 68.4 Å². The summed E-state index contributed by atoms with van der Waals surface area (Å²) in [7, 11) is 0. The molecule has 23 heavy (non-hydrogen) atoms. The number of fused-ring (bicyclic) bond motifs is 5. The minimum absolute atomic E-state index is 0.0764. The molecule has 0 aromatic carbocycles.